The Morgan fingerprint density at radius 1 is 0.676 bits per heavy atom. The molecule has 0 aliphatic heterocycles. The van der Waals surface area contributed by atoms with Crippen LogP contribution >= 0.6 is 0 Å². The number of benzene rings is 3. The molecule has 3 aromatic carbocycles. The third kappa shape index (κ3) is 6.18. The van der Waals surface area contributed by atoms with Gasteiger partial charge in [0.25, 0.3) is 0 Å². The molecule has 0 bridgehead atoms. The predicted octanol–water partition coefficient (Wildman–Crippen LogP) is 6.98. The second-order valence-electron chi connectivity index (χ2n) is 11.6. The van der Waals surface area contributed by atoms with Gasteiger partial charge >= 0.3 is 0 Å². The van der Waals surface area contributed by atoms with Crippen LogP contribution in [0.4, 0.5) is 0 Å². The molecule has 0 amide bonds. The average molecular weight is 489 g/mol. The van der Waals surface area contributed by atoms with Crippen molar-refractivity contribution in [2.45, 2.75) is 77.7 Å². The van der Waals surface area contributed by atoms with Gasteiger partial charge in [0.15, 0.2) is 8.32 Å². The Balaban J connectivity index is 1.89. The monoisotopic (exact) mass is 488 g/mol. The van der Waals surface area contributed by atoms with E-state index < -0.39 is 16.4 Å². The lowest BCUT2D eigenvalue weighted by molar-refractivity contribution is 0.169. The van der Waals surface area contributed by atoms with Gasteiger partial charge in [-0.15, -0.1) is 0 Å². The first-order valence-electron chi connectivity index (χ1n) is 12.9. The molecule has 1 nitrogen and oxygen atoms in total. The van der Waals surface area contributed by atoms with Crippen LogP contribution < -0.4 is 15.6 Å². The van der Waals surface area contributed by atoms with Crippen LogP contribution in [0.15, 0.2) is 91.0 Å². The first-order valence-corrected chi connectivity index (χ1v) is 18.0. The Morgan fingerprint density at radius 2 is 1.06 bits per heavy atom. The summed E-state index contributed by atoms with van der Waals surface area (Å²) < 4.78 is 6.71. The fraction of sp³-hybridized carbons (Fsp3) is 0.419. The van der Waals surface area contributed by atoms with Gasteiger partial charge in [0.05, 0.1) is 0 Å². The largest absolute Gasteiger partial charge is 0.414 e. The van der Waals surface area contributed by atoms with Crippen molar-refractivity contribution in [2.24, 2.45) is 5.92 Å². The van der Waals surface area contributed by atoms with Crippen molar-refractivity contribution in [3.8, 4) is 0 Å². The quantitative estimate of drug-likeness (QED) is 0.221. The van der Waals surface area contributed by atoms with E-state index in [2.05, 4.69) is 139 Å². The van der Waals surface area contributed by atoms with E-state index in [1.165, 1.54) is 28.0 Å². The maximum absolute atomic E-state index is 6.71. The summed E-state index contributed by atoms with van der Waals surface area (Å²) in [6.07, 6.45) is 2.63. The second-order valence-corrected chi connectivity index (χ2v) is 20.4. The van der Waals surface area contributed by atoms with Crippen molar-refractivity contribution in [2.75, 3.05) is 0 Å². The molecule has 3 aromatic rings. The summed E-state index contributed by atoms with van der Waals surface area (Å²) in [4.78, 5) is 0. The molecule has 0 fully saturated rings. The average Bonchev–Trinajstić information content (AvgIpc) is 2.80. The maximum Gasteiger partial charge on any atom is 0.192 e. The van der Waals surface area contributed by atoms with E-state index in [0.29, 0.717) is 12.0 Å². The van der Waals surface area contributed by atoms with Crippen LogP contribution in [0.2, 0.25) is 24.2 Å². The molecule has 2 atom stereocenters. The lowest BCUT2D eigenvalue weighted by atomic mass is 10.0. The molecular weight excluding hydrogens is 445 g/mol. The van der Waals surface area contributed by atoms with Gasteiger partial charge in [0.1, 0.15) is 8.07 Å². The minimum absolute atomic E-state index is 0.250. The van der Waals surface area contributed by atoms with Crippen molar-refractivity contribution in [1.82, 2.24) is 0 Å². The van der Waals surface area contributed by atoms with Crippen LogP contribution in [0.3, 0.4) is 0 Å². The van der Waals surface area contributed by atoms with Crippen molar-refractivity contribution < 1.29 is 4.43 Å². The predicted molar refractivity (Wildman–Crippen MR) is 155 cm³/mol. The molecule has 0 unspecified atom stereocenters. The Hall–Kier alpha value is -1.95. The van der Waals surface area contributed by atoms with Crippen molar-refractivity contribution in [3.05, 3.63) is 91.0 Å². The summed E-state index contributed by atoms with van der Waals surface area (Å²) in [5.74, 6) is 0.614. The van der Waals surface area contributed by atoms with Gasteiger partial charge < -0.3 is 4.43 Å². The highest BCUT2D eigenvalue weighted by molar-refractivity contribution is 7.11. The zero-order chi connectivity index (χ0) is 24.8. The van der Waals surface area contributed by atoms with Crippen LogP contribution in [-0.4, -0.2) is 22.5 Å². The van der Waals surface area contributed by atoms with E-state index in [0.717, 1.165) is 6.42 Å². The molecule has 0 radical (unpaired) electrons. The van der Waals surface area contributed by atoms with Gasteiger partial charge in [-0.3, -0.25) is 0 Å². The van der Waals surface area contributed by atoms with Crippen molar-refractivity contribution in [1.29, 1.82) is 0 Å². The molecule has 182 valence electrons. The Bertz CT molecular complexity index is 897. The molecule has 0 heterocycles. The van der Waals surface area contributed by atoms with Crippen LogP contribution in [0, 0.1) is 5.92 Å². The highest BCUT2D eigenvalue weighted by atomic mass is 28.4. The molecule has 0 saturated carbocycles. The molecule has 34 heavy (non-hydrogen) atoms. The molecule has 3 rings (SSSR count). The van der Waals surface area contributed by atoms with Crippen LogP contribution in [0.1, 0.15) is 47.5 Å². The van der Waals surface area contributed by atoms with Gasteiger partial charge in [-0.25, -0.2) is 0 Å². The molecular formula is C31H44OSi2. The maximum atomic E-state index is 6.71. The fourth-order valence-electron chi connectivity index (χ4n) is 4.98. The van der Waals surface area contributed by atoms with E-state index in [1.54, 1.807) is 0 Å². The summed E-state index contributed by atoms with van der Waals surface area (Å²) >= 11 is 0. The number of hydrogen-bond acceptors (Lipinski definition) is 1. The van der Waals surface area contributed by atoms with Gasteiger partial charge in [0, 0.05) is 6.10 Å². The summed E-state index contributed by atoms with van der Waals surface area (Å²) in [5.41, 5.74) is 0. The standard InChI is InChI=1S/C31H44OSi2/c1-26(25-27(2)32-33(6,7)31(3,4)5)23-24-34(28-17-11-8-12-18-28,29-19-13-9-14-20-29)30-21-15-10-16-22-30/h8-22,26-27H,23-25H2,1-7H3/t26-,27+/m0/s1. The van der Waals surface area contributed by atoms with E-state index in [1.807, 2.05) is 0 Å². The van der Waals surface area contributed by atoms with Gasteiger partial charge in [-0.1, -0.05) is 125 Å². The van der Waals surface area contributed by atoms with E-state index >= 15 is 0 Å². The summed E-state index contributed by atoms with van der Waals surface area (Å²) in [5, 5.41) is 4.76. The van der Waals surface area contributed by atoms with Gasteiger partial charge in [-0.05, 0) is 59.0 Å². The smallest absolute Gasteiger partial charge is 0.192 e. The third-order valence-electron chi connectivity index (χ3n) is 7.85. The van der Waals surface area contributed by atoms with Crippen LogP contribution in [-0.2, 0) is 4.43 Å². The molecule has 0 N–H and O–H groups in total. The first kappa shape index (κ1) is 26.7. The first-order chi connectivity index (χ1) is 16.1. The molecule has 0 aliphatic carbocycles. The van der Waals surface area contributed by atoms with Crippen LogP contribution in [0.5, 0.6) is 0 Å². The highest BCUT2D eigenvalue weighted by Crippen LogP contribution is 2.38. The Labute approximate surface area is 210 Å². The molecule has 0 aromatic heterocycles. The zero-order valence-corrected chi connectivity index (χ0v) is 24.3. The Kier molecular flexibility index (Phi) is 8.78. The van der Waals surface area contributed by atoms with Crippen molar-refractivity contribution >= 4 is 32.0 Å². The summed E-state index contributed by atoms with van der Waals surface area (Å²) in [6.45, 7) is 16.4. The normalized spacial score (nSPS) is 14.6. The molecule has 0 saturated heterocycles. The van der Waals surface area contributed by atoms with E-state index in [-0.39, 0.29) is 5.04 Å². The third-order valence-corrected chi connectivity index (χ3v) is 17.4. The summed E-state index contributed by atoms with van der Waals surface area (Å²) in [6, 6.07) is 35.1. The lowest BCUT2D eigenvalue weighted by Crippen LogP contribution is -2.67. The van der Waals surface area contributed by atoms with Crippen molar-refractivity contribution in [3.63, 3.8) is 0 Å². The molecule has 0 spiro atoms. The number of hydrogen-bond donors (Lipinski definition) is 0. The van der Waals surface area contributed by atoms with E-state index in [9.17, 15) is 0 Å². The fourth-order valence-corrected chi connectivity index (χ4v) is 11.5. The molecule has 0 aliphatic rings. The van der Waals surface area contributed by atoms with E-state index in [4.69, 9.17) is 4.43 Å². The zero-order valence-electron chi connectivity index (χ0n) is 22.3. The van der Waals surface area contributed by atoms with Gasteiger partial charge in [0.2, 0.25) is 0 Å². The highest BCUT2D eigenvalue weighted by Gasteiger charge is 2.40. The number of rotatable bonds is 10. The minimum Gasteiger partial charge on any atom is -0.414 e. The van der Waals surface area contributed by atoms with Crippen LogP contribution in [0.25, 0.3) is 0 Å². The second kappa shape index (κ2) is 11.2. The topological polar surface area (TPSA) is 9.23 Å². The van der Waals surface area contributed by atoms with Gasteiger partial charge in [-0.2, -0.15) is 0 Å². The SMILES string of the molecule is C[C@@H](CC[Si](c1ccccc1)(c1ccccc1)c1ccccc1)C[C@@H](C)O[Si](C)(C)C(C)(C)C. The minimum atomic E-state index is -2.15. The summed E-state index contributed by atoms with van der Waals surface area (Å²) in [7, 11) is -3.89. The Morgan fingerprint density at radius 3 is 1.41 bits per heavy atom. The molecule has 3 heteroatoms. The lowest BCUT2D eigenvalue weighted by Gasteiger charge is -2.39.